The summed E-state index contributed by atoms with van der Waals surface area (Å²) in [6.45, 7) is 1.89. The van der Waals surface area contributed by atoms with Gasteiger partial charge in [-0.15, -0.1) is 0 Å². The van der Waals surface area contributed by atoms with Crippen molar-refractivity contribution in [2.24, 2.45) is 0 Å². The van der Waals surface area contributed by atoms with Crippen molar-refractivity contribution in [3.8, 4) is 0 Å². The van der Waals surface area contributed by atoms with Gasteiger partial charge in [0, 0.05) is 16.1 Å². The van der Waals surface area contributed by atoms with Crippen molar-refractivity contribution in [2.75, 3.05) is 0 Å². The first-order valence-corrected chi connectivity index (χ1v) is 7.68. The van der Waals surface area contributed by atoms with Crippen LogP contribution >= 0.6 is 11.6 Å². The minimum Gasteiger partial charge on any atom is -0.422 e. The zero-order chi connectivity index (χ0) is 16.8. The van der Waals surface area contributed by atoms with Crippen LogP contribution < -0.4 is 0 Å². The van der Waals surface area contributed by atoms with Gasteiger partial charge in [-0.25, -0.2) is 9.59 Å². The highest BCUT2D eigenvalue weighted by Crippen LogP contribution is 2.37. The number of aryl methyl sites for hydroxylation is 1. The summed E-state index contributed by atoms with van der Waals surface area (Å²) in [5, 5.41) is 0.586. The Kier molecular flexibility index (Phi) is 3.28. The second kappa shape index (κ2) is 5.35. The topological polar surface area (TPSA) is 52.6 Å². The van der Waals surface area contributed by atoms with Gasteiger partial charge in [-0.3, -0.25) is 0 Å². The fraction of sp³-hybridized carbons (Fsp3) is 0.0526. The van der Waals surface area contributed by atoms with Gasteiger partial charge >= 0.3 is 11.9 Å². The number of halogens is 1. The van der Waals surface area contributed by atoms with Gasteiger partial charge < -0.3 is 9.47 Å². The Morgan fingerprint density at radius 2 is 1.67 bits per heavy atom. The van der Waals surface area contributed by atoms with Crippen LogP contribution in [-0.2, 0) is 14.3 Å². The van der Waals surface area contributed by atoms with Crippen LogP contribution in [0.25, 0.3) is 11.5 Å². The fourth-order valence-electron chi connectivity index (χ4n) is 2.68. The third-order valence-electron chi connectivity index (χ3n) is 3.99. The highest BCUT2D eigenvalue weighted by molar-refractivity contribution is 6.31. The molecule has 0 aliphatic carbocycles. The summed E-state index contributed by atoms with van der Waals surface area (Å²) in [7, 11) is 0. The first-order valence-electron chi connectivity index (χ1n) is 7.31. The Morgan fingerprint density at radius 3 is 2.42 bits per heavy atom. The van der Waals surface area contributed by atoms with Crippen molar-refractivity contribution in [1.29, 1.82) is 0 Å². The number of carbonyl (C=O) groups excluding carboxylic acids is 2. The molecule has 0 bridgehead atoms. The van der Waals surface area contributed by atoms with Gasteiger partial charge in [-0.1, -0.05) is 41.9 Å². The van der Waals surface area contributed by atoms with Crippen LogP contribution in [0.3, 0.4) is 0 Å². The van der Waals surface area contributed by atoms with E-state index < -0.39 is 11.9 Å². The van der Waals surface area contributed by atoms with Crippen LogP contribution in [-0.4, -0.2) is 11.9 Å². The smallest absolute Gasteiger partial charge is 0.347 e. The van der Waals surface area contributed by atoms with Gasteiger partial charge in [0.15, 0.2) is 5.76 Å². The Morgan fingerprint density at radius 1 is 0.917 bits per heavy atom. The maximum absolute atomic E-state index is 12.3. The lowest BCUT2D eigenvalue weighted by atomic mass is 10.0. The Bertz CT molecular complexity index is 969. The van der Waals surface area contributed by atoms with Crippen LogP contribution in [0.2, 0.25) is 5.02 Å². The maximum atomic E-state index is 12.3. The summed E-state index contributed by atoms with van der Waals surface area (Å²) in [4.78, 5) is 24.2. The SMILES string of the molecule is Cc1ccc(C2=C/C(=C3\OC(=O)c4ccccc43)C(=O)O2)cc1Cl. The van der Waals surface area contributed by atoms with Gasteiger partial charge in [-0.2, -0.15) is 0 Å². The van der Waals surface area contributed by atoms with E-state index >= 15 is 0 Å². The molecule has 2 heterocycles. The van der Waals surface area contributed by atoms with E-state index in [-0.39, 0.29) is 11.3 Å². The summed E-state index contributed by atoms with van der Waals surface area (Å²) in [5.74, 6) is -0.416. The molecule has 2 aliphatic heterocycles. The molecule has 0 fully saturated rings. The van der Waals surface area contributed by atoms with E-state index in [2.05, 4.69) is 0 Å². The molecule has 5 heteroatoms. The number of esters is 2. The molecule has 0 saturated carbocycles. The van der Waals surface area contributed by atoms with E-state index in [4.69, 9.17) is 21.1 Å². The molecule has 0 spiro atoms. The van der Waals surface area contributed by atoms with E-state index in [9.17, 15) is 9.59 Å². The molecule has 4 rings (SSSR count). The molecule has 0 radical (unpaired) electrons. The molecular formula is C19H11ClO4. The van der Waals surface area contributed by atoms with E-state index in [1.54, 1.807) is 36.4 Å². The standard InChI is InChI=1S/C19H11ClO4/c1-10-6-7-11(8-15(10)20)16-9-14(19(22)23-16)17-12-4-2-3-5-13(12)18(21)24-17/h2-9H,1H3/b17-14+. The lowest BCUT2D eigenvalue weighted by Crippen LogP contribution is -2.01. The summed E-state index contributed by atoms with van der Waals surface area (Å²) in [6, 6.07) is 12.3. The lowest BCUT2D eigenvalue weighted by Gasteiger charge is -2.04. The number of cyclic esters (lactones) is 2. The number of ether oxygens (including phenoxy) is 2. The lowest BCUT2D eigenvalue weighted by molar-refractivity contribution is -0.130. The number of rotatable bonds is 1. The van der Waals surface area contributed by atoms with Crippen LogP contribution in [0.15, 0.2) is 54.1 Å². The van der Waals surface area contributed by atoms with Gasteiger partial charge in [0.2, 0.25) is 0 Å². The molecule has 118 valence electrons. The van der Waals surface area contributed by atoms with Crippen molar-refractivity contribution < 1.29 is 19.1 Å². The van der Waals surface area contributed by atoms with Gasteiger partial charge in [-0.05, 0) is 30.7 Å². The Labute approximate surface area is 143 Å². The number of hydrogen-bond donors (Lipinski definition) is 0. The van der Waals surface area contributed by atoms with Crippen molar-refractivity contribution in [3.63, 3.8) is 0 Å². The predicted octanol–water partition coefficient (Wildman–Crippen LogP) is 4.13. The summed E-state index contributed by atoms with van der Waals surface area (Å²) >= 11 is 6.13. The highest BCUT2D eigenvalue weighted by Gasteiger charge is 2.34. The minimum atomic E-state index is -0.554. The maximum Gasteiger partial charge on any atom is 0.347 e. The molecule has 0 N–H and O–H groups in total. The first kappa shape index (κ1) is 14.7. The zero-order valence-corrected chi connectivity index (χ0v) is 13.4. The van der Waals surface area contributed by atoms with Crippen molar-refractivity contribution in [3.05, 3.63) is 81.4 Å². The minimum absolute atomic E-state index is 0.222. The highest BCUT2D eigenvalue weighted by atomic mass is 35.5. The third-order valence-corrected chi connectivity index (χ3v) is 4.39. The van der Waals surface area contributed by atoms with Crippen molar-refractivity contribution in [1.82, 2.24) is 0 Å². The largest absolute Gasteiger partial charge is 0.422 e. The van der Waals surface area contributed by atoms with Gasteiger partial charge in [0.25, 0.3) is 0 Å². The summed E-state index contributed by atoms with van der Waals surface area (Å²) in [6.07, 6.45) is 1.58. The molecule has 2 aromatic carbocycles. The third kappa shape index (κ3) is 2.23. The van der Waals surface area contributed by atoms with E-state index in [1.165, 1.54) is 0 Å². The molecule has 0 saturated heterocycles. The normalized spacial score (nSPS) is 19.0. The summed E-state index contributed by atoms with van der Waals surface area (Å²) < 4.78 is 10.6. The number of carbonyl (C=O) groups is 2. The zero-order valence-electron chi connectivity index (χ0n) is 12.6. The van der Waals surface area contributed by atoms with Crippen LogP contribution in [0.1, 0.15) is 27.0 Å². The van der Waals surface area contributed by atoms with Crippen molar-refractivity contribution in [2.45, 2.75) is 6.92 Å². The van der Waals surface area contributed by atoms with E-state index in [0.29, 0.717) is 27.5 Å². The van der Waals surface area contributed by atoms with Gasteiger partial charge in [0.1, 0.15) is 11.3 Å². The van der Waals surface area contributed by atoms with Gasteiger partial charge in [0.05, 0.1) is 5.56 Å². The van der Waals surface area contributed by atoms with Crippen LogP contribution in [0, 0.1) is 6.92 Å². The summed E-state index contributed by atoms with van der Waals surface area (Å²) in [5.41, 5.74) is 2.87. The molecule has 4 nitrogen and oxygen atoms in total. The number of benzene rings is 2. The number of hydrogen-bond acceptors (Lipinski definition) is 4. The van der Waals surface area contributed by atoms with E-state index in [1.807, 2.05) is 19.1 Å². The van der Waals surface area contributed by atoms with Crippen LogP contribution in [0.5, 0.6) is 0 Å². The van der Waals surface area contributed by atoms with E-state index in [0.717, 1.165) is 5.56 Å². The average Bonchev–Trinajstić information content (AvgIpc) is 3.11. The second-order valence-electron chi connectivity index (χ2n) is 5.54. The molecule has 0 aromatic heterocycles. The molecule has 24 heavy (non-hydrogen) atoms. The monoisotopic (exact) mass is 338 g/mol. The average molecular weight is 339 g/mol. The second-order valence-corrected chi connectivity index (χ2v) is 5.95. The molecule has 0 unspecified atom stereocenters. The molecule has 0 amide bonds. The molecular weight excluding hydrogens is 328 g/mol. The van der Waals surface area contributed by atoms with Crippen molar-refractivity contribution >= 4 is 35.1 Å². The molecule has 0 atom stereocenters. The number of fused-ring (bicyclic) bond motifs is 1. The first-order chi connectivity index (χ1) is 11.5. The molecule has 2 aromatic rings. The Hall–Kier alpha value is -2.85. The Balaban J connectivity index is 1.83. The van der Waals surface area contributed by atoms with Crippen LogP contribution in [0.4, 0.5) is 0 Å². The quantitative estimate of drug-likeness (QED) is 0.579. The predicted molar refractivity (Wildman–Crippen MR) is 89.0 cm³/mol. The fourth-order valence-corrected chi connectivity index (χ4v) is 2.86. The molecule has 2 aliphatic rings.